The van der Waals surface area contributed by atoms with Crippen molar-refractivity contribution in [3.8, 4) is 5.75 Å². The Bertz CT molecular complexity index is 1370. The molecule has 1 saturated heterocycles. The van der Waals surface area contributed by atoms with Crippen LogP contribution in [-0.2, 0) is 16.1 Å². The molecular weight excluding hydrogens is 531 g/mol. The van der Waals surface area contributed by atoms with E-state index in [9.17, 15) is 14.4 Å². The predicted octanol–water partition coefficient (Wildman–Crippen LogP) is 7.37. The number of nitrogens with zero attached hydrogens (tertiary/aromatic N) is 1. The molecule has 3 amide bonds. The highest BCUT2D eigenvalue weighted by Crippen LogP contribution is 2.34. The van der Waals surface area contributed by atoms with Crippen molar-refractivity contribution in [3.63, 3.8) is 0 Å². The molecule has 3 aromatic rings. The van der Waals surface area contributed by atoms with Crippen molar-refractivity contribution >= 4 is 63.8 Å². The maximum atomic E-state index is 12.8. The van der Waals surface area contributed by atoms with Crippen molar-refractivity contribution < 1.29 is 19.1 Å². The number of anilines is 1. The standard InChI is InChI=1S/C28H24Cl2N2O4S/c1-17(2)21-5-3-4-6-24(21)31-26(33)16-36-20-10-7-18(8-11-20)14-25-27(34)32(28(35)37-25)15-19-9-12-22(29)23(30)13-19/h3-14,17H,15-16H2,1-2H3,(H,31,33)/b25-14-. The Kier molecular flexibility index (Phi) is 8.59. The molecule has 0 spiro atoms. The number of carbonyl (C=O) groups excluding carboxylic acids is 3. The lowest BCUT2D eigenvalue weighted by Crippen LogP contribution is -2.27. The van der Waals surface area contributed by atoms with E-state index in [1.165, 1.54) is 4.90 Å². The summed E-state index contributed by atoms with van der Waals surface area (Å²) in [5, 5.41) is 3.31. The number of rotatable bonds is 8. The summed E-state index contributed by atoms with van der Waals surface area (Å²) in [4.78, 5) is 39.1. The zero-order valence-electron chi connectivity index (χ0n) is 20.2. The van der Waals surface area contributed by atoms with Crippen molar-refractivity contribution in [2.45, 2.75) is 26.3 Å². The fourth-order valence-electron chi connectivity index (χ4n) is 3.72. The van der Waals surface area contributed by atoms with Crippen LogP contribution in [-0.4, -0.2) is 28.6 Å². The van der Waals surface area contributed by atoms with Gasteiger partial charge in [-0.05, 0) is 70.8 Å². The lowest BCUT2D eigenvalue weighted by molar-refractivity contribution is -0.123. The van der Waals surface area contributed by atoms with Gasteiger partial charge in [0.05, 0.1) is 21.5 Å². The van der Waals surface area contributed by atoms with Gasteiger partial charge in [-0.25, -0.2) is 0 Å². The van der Waals surface area contributed by atoms with Gasteiger partial charge in [-0.2, -0.15) is 0 Å². The van der Waals surface area contributed by atoms with Crippen LogP contribution in [0.1, 0.15) is 36.5 Å². The molecule has 1 fully saturated rings. The Labute approximate surface area is 229 Å². The lowest BCUT2D eigenvalue weighted by Gasteiger charge is -2.14. The summed E-state index contributed by atoms with van der Waals surface area (Å²) in [5.74, 6) is 0.159. The molecule has 1 heterocycles. The van der Waals surface area contributed by atoms with Crippen LogP contribution in [0.3, 0.4) is 0 Å². The number of halogens is 2. The van der Waals surface area contributed by atoms with Crippen LogP contribution in [0.25, 0.3) is 6.08 Å². The van der Waals surface area contributed by atoms with E-state index in [0.29, 0.717) is 26.3 Å². The van der Waals surface area contributed by atoms with Crippen LogP contribution in [0, 0.1) is 0 Å². The summed E-state index contributed by atoms with van der Waals surface area (Å²) in [6.45, 7) is 4.10. The molecule has 6 nitrogen and oxygen atoms in total. The second kappa shape index (κ2) is 11.9. The van der Waals surface area contributed by atoms with E-state index >= 15 is 0 Å². The summed E-state index contributed by atoms with van der Waals surface area (Å²) in [7, 11) is 0. The van der Waals surface area contributed by atoms with E-state index in [4.69, 9.17) is 27.9 Å². The van der Waals surface area contributed by atoms with Gasteiger partial charge >= 0.3 is 0 Å². The van der Waals surface area contributed by atoms with Crippen molar-refractivity contribution in [2.75, 3.05) is 11.9 Å². The summed E-state index contributed by atoms with van der Waals surface area (Å²) >= 11 is 12.9. The summed E-state index contributed by atoms with van der Waals surface area (Å²) in [6, 6.07) is 19.6. The van der Waals surface area contributed by atoms with Crippen LogP contribution in [0.2, 0.25) is 10.0 Å². The van der Waals surface area contributed by atoms with Gasteiger partial charge < -0.3 is 10.1 Å². The van der Waals surface area contributed by atoms with Crippen LogP contribution in [0.15, 0.2) is 71.6 Å². The first kappa shape index (κ1) is 26.8. The fourth-order valence-corrected chi connectivity index (χ4v) is 4.88. The maximum Gasteiger partial charge on any atom is 0.293 e. The van der Waals surface area contributed by atoms with Gasteiger partial charge in [0.25, 0.3) is 17.1 Å². The number of thioether (sulfide) groups is 1. The Morgan fingerprint density at radius 2 is 1.76 bits per heavy atom. The van der Waals surface area contributed by atoms with Crippen LogP contribution in [0.5, 0.6) is 5.75 Å². The molecular formula is C28H24Cl2N2O4S. The summed E-state index contributed by atoms with van der Waals surface area (Å²) in [5.41, 5.74) is 3.26. The number of hydrogen-bond donors (Lipinski definition) is 1. The zero-order valence-corrected chi connectivity index (χ0v) is 22.5. The van der Waals surface area contributed by atoms with Crippen LogP contribution >= 0.6 is 35.0 Å². The lowest BCUT2D eigenvalue weighted by atomic mass is 10.0. The number of para-hydroxylation sites is 1. The summed E-state index contributed by atoms with van der Waals surface area (Å²) in [6.07, 6.45) is 1.65. The molecule has 4 rings (SSSR count). The quantitative estimate of drug-likeness (QED) is 0.294. The molecule has 1 N–H and O–H groups in total. The Balaban J connectivity index is 1.35. The number of nitrogens with one attached hydrogen (secondary N) is 1. The van der Waals surface area contributed by atoms with Crippen molar-refractivity contribution in [1.29, 1.82) is 0 Å². The number of benzene rings is 3. The maximum absolute atomic E-state index is 12.8. The van der Waals surface area contributed by atoms with Crippen molar-refractivity contribution in [1.82, 2.24) is 4.90 Å². The number of imide groups is 1. The minimum atomic E-state index is -0.375. The average Bonchev–Trinajstić information content (AvgIpc) is 3.13. The normalized spacial score (nSPS) is 14.5. The first-order valence-corrected chi connectivity index (χ1v) is 13.1. The van der Waals surface area contributed by atoms with Crippen molar-refractivity contribution in [2.24, 2.45) is 0 Å². The monoisotopic (exact) mass is 554 g/mol. The number of ether oxygens (including phenoxy) is 1. The van der Waals surface area contributed by atoms with E-state index in [-0.39, 0.29) is 36.1 Å². The third kappa shape index (κ3) is 6.74. The van der Waals surface area contributed by atoms with Gasteiger partial charge in [0.2, 0.25) is 0 Å². The van der Waals surface area contributed by atoms with Crippen LogP contribution in [0.4, 0.5) is 10.5 Å². The molecule has 190 valence electrons. The highest BCUT2D eigenvalue weighted by Gasteiger charge is 2.35. The smallest absolute Gasteiger partial charge is 0.293 e. The first-order valence-electron chi connectivity index (χ1n) is 11.5. The SMILES string of the molecule is CC(C)c1ccccc1NC(=O)COc1ccc(/C=C2\SC(=O)N(Cc3ccc(Cl)c(Cl)c3)C2=O)cc1. The van der Waals surface area contributed by atoms with Gasteiger partial charge in [0, 0.05) is 5.69 Å². The molecule has 1 aliphatic heterocycles. The molecule has 3 aromatic carbocycles. The molecule has 1 aliphatic rings. The molecule has 0 radical (unpaired) electrons. The van der Waals surface area contributed by atoms with Gasteiger partial charge in [-0.3, -0.25) is 19.3 Å². The molecule has 37 heavy (non-hydrogen) atoms. The topological polar surface area (TPSA) is 75.7 Å². The molecule has 0 aliphatic carbocycles. The first-order chi connectivity index (χ1) is 17.7. The Hall–Kier alpha value is -3.26. The third-order valence-corrected chi connectivity index (χ3v) is 7.25. The number of hydrogen-bond acceptors (Lipinski definition) is 5. The van der Waals surface area contributed by atoms with E-state index in [0.717, 1.165) is 28.6 Å². The average molecular weight is 555 g/mol. The minimum Gasteiger partial charge on any atom is -0.484 e. The number of carbonyl (C=O) groups is 3. The largest absolute Gasteiger partial charge is 0.484 e. The second-order valence-corrected chi connectivity index (χ2v) is 10.5. The van der Waals surface area contributed by atoms with Gasteiger partial charge in [-0.15, -0.1) is 0 Å². The highest BCUT2D eigenvalue weighted by molar-refractivity contribution is 8.18. The van der Waals surface area contributed by atoms with E-state index in [2.05, 4.69) is 19.2 Å². The third-order valence-electron chi connectivity index (χ3n) is 5.60. The predicted molar refractivity (Wildman–Crippen MR) is 149 cm³/mol. The van der Waals surface area contributed by atoms with Crippen molar-refractivity contribution in [3.05, 3.63) is 98.4 Å². The van der Waals surface area contributed by atoms with Gasteiger partial charge in [0.1, 0.15) is 5.75 Å². The van der Waals surface area contributed by atoms with Crippen LogP contribution < -0.4 is 10.1 Å². The van der Waals surface area contributed by atoms with E-state index in [1.54, 1.807) is 48.5 Å². The van der Waals surface area contributed by atoms with E-state index < -0.39 is 0 Å². The number of amides is 3. The van der Waals surface area contributed by atoms with E-state index in [1.807, 2.05) is 24.3 Å². The summed E-state index contributed by atoms with van der Waals surface area (Å²) < 4.78 is 5.62. The Morgan fingerprint density at radius 1 is 1.03 bits per heavy atom. The molecule has 0 unspecified atom stereocenters. The molecule has 0 saturated carbocycles. The molecule has 0 bridgehead atoms. The van der Waals surface area contributed by atoms with Gasteiger partial charge in [0.15, 0.2) is 6.61 Å². The highest BCUT2D eigenvalue weighted by atomic mass is 35.5. The molecule has 9 heteroatoms. The van der Waals surface area contributed by atoms with Gasteiger partial charge in [-0.1, -0.05) is 73.4 Å². The minimum absolute atomic E-state index is 0.107. The zero-order chi connectivity index (χ0) is 26.5. The molecule has 0 atom stereocenters. The second-order valence-electron chi connectivity index (χ2n) is 8.66. The molecule has 0 aromatic heterocycles. The Morgan fingerprint density at radius 3 is 2.46 bits per heavy atom. The fraction of sp³-hybridized carbons (Fsp3) is 0.179.